The predicted molar refractivity (Wildman–Crippen MR) is 87.6 cm³/mol. The first-order valence-corrected chi connectivity index (χ1v) is 7.98. The van der Waals surface area contributed by atoms with Gasteiger partial charge < -0.3 is 16.2 Å². The molecule has 0 radical (unpaired) electrons. The van der Waals surface area contributed by atoms with Gasteiger partial charge in [0.2, 0.25) is 11.5 Å². The standard InChI is InChI=1S/C14H19F3N2O2S.ClH/c1-22-8-7-11(18)12(20)19-9-13(21,14(15,16)17)10-5-3-2-4-6-10;/h2-6,11,21H,7-9,18H2,1H3,(H,19,20);1H/t11-,13?;/m0./s1. The second-order valence-corrected chi connectivity index (χ2v) is 5.82. The lowest BCUT2D eigenvalue weighted by atomic mass is 9.93. The quantitative estimate of drug-likeness (QED) is 0.684. The number of alkyl halides is 3. The molecule has 0 aliphatic rings. The Bertz CT molecular complexity index is 491. The summed E-state index contributed by atoms with van der Waals surface area (Å²) in [6.45, 7) is -0.980. The summed E-state index contributed by atoms with van der Waals surface area (Å²) in [6, 6.07) is 5.73. The Hall–Kier alpha value is -0.960. The molecule has 0 bridgehead atoms. The highest BCUT2D eigenvalue weighted by atomic mass is 35.5. The van der Waals surface area contributed by atoms with Gasteiger partial charge in [-0.25, -0.2) is 0 Å². The number of nitrogens with two attached hydrogens (primary N) is 1. The molecule has 132 valence electrons. The van der Waals surface area contributed by atoms with E-state index in [0.717, 1.165) is 12.1 Å². The molecule has 4 N–H and O–H groups in total. The van der Waals surface area contributed by atoms with E-state index in [0.29, 0.717) is 12.2 Å². The van der Waals surface area contributed by atoms with Crippen LogP contribution in [0.5, 0.6) is 0 Å². The molecule has 0 aromatic heterocycles. The molecule has 23 heavy (non-hydrogen) atoms. The van der Waals surface area contributed by atoms with Gasteiger partial charge in [0, 0.05) is 0 Å². The SMILES string of the molecule is CSCC[C@H](N)C(=O)NCC(O)(c1ccccc1)C(F)(F)F.Cl. The van der Waals surface area contributed by atoms with Crippen molar-refractivity contribution >= 4 is 30.1 Å². The van der Waals surface area contributed by atoms with Gasteiger partial charge in [0.15, 0.2) is 0 Å². The molecule has 0 saturated carbocycles. The number of hydrogen-bond donors (Lipinski definition) is 3. The van der Waals surface area contributed by atoms with Gasteiger partial charge in [-0.2, -0.15) is 24.9 Å². The summed E-state index contributed by atoms with van der Waals surface area (Å²) < 4.78 is 39.6. The van der Waals surface area contributed by atoms with Gasteiger partial charge >= 0.3 is 6.18 Å². The van der Waals surface area contributed by atoms with Crippen LogP contribution in [-0.2, 0) is 10.4 Å². The van der Waals surface area contributed by atoms with Crippen molar-refractivity contribution < 1.29 is 23.1 Å². The van der Waals surface area contributed by atoms with Crippen LogP contribution < -0.4 is 11.1 Å². The van der Waals surface area contributed by atoms with Crippen LogP contribution in [0.2, 0.25) is 0 Å². The highest BCUT2D eigenvalue weighted by molar-refractivity contribution is 7.98. The second-order valence-electron chi connectivity index (χ2n) is 4.83. The summed E-state index contributed by atoms with van der Waals surface area (Å²) in [5.74, 6) is -0.0933. The van der Waals surface area contributed by atoms with Gasteiger partial charge in [-0.1, -0.05) is 30.3 Å². The fourth-order valence-electron chi connectivity index (χ4n) is 1.80. The third-order valence-corrected chi connectivity index (χ3v) is 3.85. The molecule has 0 saturated heterocycles. The van der Waals surface area contributed by atoms with E-state index in [1.807, 2.05) is 6.26 Å². The van der Waals surface area contributed by atoms with Crippen LogP contribution >= 0.6 is 24.2 Å². The van der Waals surface area contributed by atoms with Gasteiger partial charge in [-0.15, -0.1) is 12.4 Å². The molecule has 0 fully saturated rings. The van der Waals surface area contributed by atoms with Crippen molar-refractivity contribution in [3.8, 4) is 0 Å². The normalized spacial score (nSPS) is 15.2. The third-order valence-electron chi connectivity index (χ3n) is 3.21. The lowest BCUT2D eigenvalue weighted by Crippen LogP contribution is -2.53. The lowest BCUT2D eigenvalue weighted by Gasteiger charge is -2.31. The number of hydrogen-bond acceptors (Lipinski definition) is 4. The number of thioether (sulfide) groups is 1. The highest BCUT2D eigenvalue weighted by Crippen LogP contribution is 2.38. The number of nitrogens with one attached hydrogen (secondary N) is 1. The van der Waals surface area contributed by atoms with Crippen molar-refractivity contribution in [1.29, 1.82) is 0 Å². The van der Waals surface area contributed by atoms with E-state index in [9.17, 15) is 23.1 Å². The fourth-order valence-corrected chi connectivity index (χ4v) is 2.29. The van der Waals surface area contributed by atoms with E-state index in [1.165, 1.54) is 30.0 Å². The number of aliphatic hydroxyl groups is 1. The maximum atomic E-state index is 13.2. The molecule has 4 nitrogen and oxygen atoms in total. The second kappa shape index (κ2) is 9.36. The van der Waals surface area contributed by atoms with E-state index in [-0.39, 0.29) is 18.0 Å². The minimum atomic E-state index is -4.93. The van der Waals surface area contributed by atoms with Crippen molar-refractivity contribution in [3.05, 3.63) is 35.9 Å². The Labute approximate surface area is 143 Å². The van der Waals surface area contributed by atoms with Crippen LogP contribution in [0.4, 0.5) is 13.2 Å². The first-order valence-electron chi connectivity index (χ1n) is 6.59. The lowest BCUT2D eigenvalue weighted by molar-refractivity contribution is -0.264. The van der Waals surface area contributed by atoms with Crippen LogP contribution in [-0.4, -0.2) is 41.8 Å². The zero-order chi connectivity index (χ0) is 16.8. The summed E-state index contributed by atoms with van der Waals surface area (Å²) >= 11 is 1.48. The fraction of sp³-hybridized carbons (Fsp3) is 0.500. The molecule has 0 spiro atoms. The summed E-state index contributed by atoms with van der Waals surface area (Å²) in [7, 11) is 0. The molecule has 1 unspecified atom stereocenters. The average molecular weight is 373 g/mol. The molecule has 0 heterocycles. The van der Waals surface area contributed by atoms with Crippen molar-refractivity contribution in [2.24, 2.45) is 5.73 Å². The van der Waals surface area contributed by atoms with E-state index >= 15 is 0 Å². The van der Waals surface area contributed by atoms with Gasteiger partial charge in [0.25, 0.3) is 0 Å². The first-order chi connectivity index (χ1) is 10.2. The maximum Gasteiger partial charge on any atom is 0.423 e. The topological polar surface area (TPSA) is 75.4 Å². The molecule has 1 rings (SSSR count). The number of amides is 1. The van der Waals surface area contributed by atoms with Gasteiger partial charge in [0.1, 0.15) is 0 Å². The molecular weight excluding hydrogens is 353 g/mol. The minimum absolute atomic E-state index is 0. The molecule has 1 aromatic carbocycles. The Balaban J connectivity index is 0.00000484. The van der Waals surface area contributed by atoms with Crippen LogP contribution in [0.15, 0.2) is 30.3 Å². The predicted octanol–water partition coefficient (Wildman–Crippen LogP) is 2.05. The van der Waals surface area contributed by atoms with Crippen molar-refractivity contribution in [1.82, 2.24) is 5.32 Å². The Morgan fingerprint density at radius 1 is 1.35 bits per heavy atom. The zero-order valence-corrected chi connectivity index (χ0v) is 14.1. The Morgan fingerprint density at radius 2 is 1.91 bits per heavy atom. The molecule has 2 atom stereocenters. The first kappa shape index (κ1) is 22.0. The van der Waals surface area contributed by atoms with Crippen LogP contribution in [0, 0.1) is 0 Å². The average Bonchev–Trinajstić information content (AvgIpc) is 2.49. The monoisotopic (exact) mass is 372 g/mol. The number of rotatable bonds is 7. The van der Waals surface area contributed by atoms with Crippen molar-refractivity contribution in [2.75, 3.05) is 18.6 Å². The summed E-state index contributed by atoms with van der Waals surface area (Å²) in [4.78, 5) is 11.7. The van der Waals surface area contributed by atoms with E-state index < -0.39 is 30.3 Å². The third kappa shape index (κ3) is 5.87. The summed E-state index contributed by atoms with van der Waals surface area (Å²) in [5, 5.41) is 12.1. The van der Waals surface area contributed by atoms with Crippen molar-refractivity contribution in [3.63, 3.8) is 0 Å². The van der Waals surface area contributed by atoms with Crippen LogP contribution in [0.3, 0.4) is 0 Å². The molecule has 0 aliphatic carbocycles. The summed E-state index contributed by atoms with van der Waals surface area (Å²) in [6.07, 6.45) is -2.74. The van der Waals surface area contributed by atoms with Gasteiger partial charge in [0.05, 0.1) is 12.6 Å². The summed E-state index contributed by atoms with van der Waals surface area (Å²) in [5.41, 5.74) is 2.11. The maximum absolute atomic E-state index is 13.2. The minimum Gasteiger partial charge on any atom is -0.375 e. The molecule has 1 aromatic rings. The highest BCUT2D eigenvalue weighted by Gasteiger charge is 2.55. The number of carbonyl (C=O) groups excluding carboxylic acids is 1. The van der Waals surface area contributed by atoms with Gasteiger partial charge in [-0.05, 0) is 24.0 Å². The van der Waals surface area contributed by atoms with E-state index in [2.05, 4.69) is 5.32 Å². The number of benzene rings is 1. The Kier molecular flexibility index (Phi) is 8.97. The number of carbonyl (C=O) groups is 1. The molecular formula is C14H20ClF3N2O2S. The van der Waals surface area contributed by atoms with E-state index in [4.69, 9.17) is 5.73 Å². The van der Waals surface area contributed by atoms with Gasteiger partial charge in [-0.3, -0.25) is 4.79 Å². The van der Waals surface area contributed by atoms with Crippen LogP contribution in [0.25, 0.3) is 0 Å². The number of halogens is 4. The Morgan fingerprint density at radius 3 is 2.39 bits per heavy atom. The zero-order valence-electron chi connectivity index (χ0n) is 12.5. The van der Waals surface area contributed by atoms with Crippen molar-refractivity contribution in [2.45, 2.75) is 24.2 Å². The molecule has 0 aliphatic heterocycles. The molecule has 1 amide bonds. The largest absolute Gasteiger partial charge is 0.423 e. The smallest absolute Gasteiger partial charge is 0.375 e. The van der Waals surface area contributed by atoms with Crippen LogP contribution in [0.1, 0.15) is 12.0 Å². The van der Waals surface area contributed by atoms with E-state index in [1.54, 1.807) is 0 Å². The molecule has 9 heteroatoms.